The van der Waals surface area contributed by atoms with Crippen molar-refractivity contribution >= 4 is 40.5 Å². The standard InChI is InChI=1S/C14H11Cl2NO2/c1-8-2-5-13(10(6-8)14(18)19)17-9-3-4-11(15)12(16)7-9/h2-7,17H,1H3,(H,18,19). The smallest absolute Gasteiger partial charge is 0.337 e. The zero-order valence-electron chi connectivity index (χ0n) is 10.1. The second-order valence-corrected chi connectivity index (χ2v) is 4.92. The molecule has 0 aliphatic heterocycles. The highest BCUT2D eigenvalue weighted by Gasteiger charge is 2.10. The Bertz CT molecular complexity index is 641. The molecule has 98 valence electrons. The average Bonchev–Trinajstić information content (AvgIpc) is 2.36. The van der Waals surface area contributed by atoms with Gasteiger partial charge in [-0.2, -0.15) is 0 Å². The SMILES string of the molecule is Cc1ccc(Nc2ccc(Cl)c(Cl)c2)c(C(=O)O)c1. The molecule has 5 heteroatoms. The van der Waals surface area contributed by atoms with Gasteiger partial charge in [-0.3, -0.25) is 0 Å². The molecule has 0 bridgehead atoms. The zero-order valence-corrected chi connectivity index (χ0v) is 11.6. The summed E-state index contributed by atoms with van der Waals surface area (Å²) in [6, 6.07) is 10.2. The Labute approximate surface area is 120 Å². The van der Waals surface area contributed by atoms with Crippen LogP contribution in [0.25, 0.3) is 0 Å². The van der Waals surface area contributed by atoms with E-state index in [1.54, 1.807) is 30.3 Å². The number of halogens is 2. The molecular formula is C14H11Cl2NO2. The fourth-order valence-electron chi connectivity index (χ4n) is 1.67. The topological polar surface area (TPSA) is 49.3 Å². The Hall–Kier alpha value is -1.71. The predicted octanol–water partition coefficient (Wildman–Crippen LogP) is 4.74. The minimum atomic E-state index is -0.980. The van der Waals surface area contributed by atoms with Crippen molar-refractivity contribution in [2.75, 3.05) is 5.32 Å². The second kappa shape index (κ2) is 5.51. The summed E-state index contributed by atoms with van der Waals surface area (Å²) in [5.74, 6) is -0.980. The van der Waals surface area contributed by atoms with Crippen LogP contribution in [0.2, 0.25) is 10.0 Å². The van der Waals surface area contributed by atoms with Crippen LogP contribution in [-0.4, -0.2) is 11.1 Å². The van der Waals surface area contributed by atoms with Crippen LogP contribution in [0, 0.1) is 6.92 Å². The van der Waals surface area contributed by atoms with Crippen LogP contribution in [0.4, 0.5) is 11.4 Å². The zero-order chi connectivity index (χ0) is 14.0. The van der Waals surface area contributed by atoms with E-state index in [4.69, 9.17) is 23.2 Å². The number of aromatic carboxylic acids is 1. The maximum absolute atomic E-state index is 11.2. The van der Waals surface area contributed by atoms with E-state index in [9.17, 15) is 9.90 Å². The molecule has 0 atom stereocenters. The highest BCUT2D eigenvalue weighted by atomic mass is 35.5. The summed E-state index contributed by atoms with van der Waals surface area (Å²) in [6.45, 7) is 1.84. The molecule has 0 spiro atoms. The molecule has 0 amide bonds. The molecule has 2 aromatic rings. The van der Waals surface area contributed by atoms with E-state index in [-0.39, 0.29) is 5.56 Å². The highest BCUT2D eigenvalue weighted by molar-refractivity contribution is 6.42. The lowest BCUT2D eigenvalue weighted by Gasteiger charge is -2.11. The number of hydrogen-bond acceptors (Lipinski definition) is 2. The van der Waals surface area contributed by atoms with Crippen LogP contribution in [0.1, 0.15) is 15.9 Å². The molecule has 0 aromatic heterocycles. The molecule has 0 heterocycles. The monoisotopic (exact) mass is 295 g/mol. The maximum atomic E-state index is 11.2. The summed E-state index contributed by atoms with van der Waals surface area (Å²) in [5.41, 5.74) is 2.29. The van der Waals surface area contributed by atoms with Crippen molar-refractivity contribution in [3.05, 3.63) is 57.6 Å². The van der Waals surface area contributed by atoms with Crippen molar-refractivity contribution in [1.82, 2.24) is 0 Å². The van der Waals surface area contributed by atoms with Crippen molar-refractivity contribution < 1.29 is 9.90 Å². The van der Waals surface area contributed by atoms with E-state index in [1.807, 2.05) is 13.0 Å². The van der Waals surface area contributed by atoms with Crippen molar-refractivity contribution in [3.63, 3.8) is 0 Å². The van der Waals surface area contributed by atoms with E-state index in [0.717, 1.165) is 5.56 Å². The van der Waals surface area contributed by atoms with Crippen molar-refractivity contribution in [3.8, 4) is 0 Å². The predicted molar refractivity (Wildman–Crippen MR) is 77.9 cm³/mol. The summed E-state index contributed by atoms with van der Waals surface area (Å²) >= 11 is 11.8. The Morgan fingerprint density at radius 3 is 2.47 bits per heavy atom. The lowest BCUT2D eigenvalue weighted by Crippen LogP contribution is -2.03. The summed E-state index contributed by atoms with van der Waals surface area (Å²) in [6.07, 6.45) is 0. The molecular weight excluding hydrogens is 285 g/mol. The van der Waals surface area contributed by atoms with Gasteiger partial charge in [0.1, 0.15) is 0 Å². The van der Waals surface area contributed by atoms with Crippen LogP contribution >= 0.6 is 23.2 Å². The summed E-state index contributed by atoms with van der Waals surface area (Å²) in [4.78, 5) is 11.2. The van der Waals surface area contributed by atoms with E-state index < -0.39 is 5.97 Å². The molecule has 3 nitrogen and oxygen atoms in total. The third kappa shape index (κ3) is 3.19. The molecule has 19 heavy (non-hydrogen) atoms. The number of nitrogens with one attached hydrogen (secondary N) is 1. The van der Waals surface area contributed by atoms with Crippen LogP contribution in [0.3, 0.4) is 0 Å². The molecule has 0 aliphatic carbocycles. The van der Waals surface area contributed by atoms with Gasteiger partial charge in [-0.1, -0.05) is 34.8 Å². The molecule has 0 saturated heterocycles. The minimum absolute atomic E-state index is 0.214. The van der Waals surface area contributed by atoms with E-state index in [1.165, 1.54) is 0 Å². The second-order valence-electron chi connectivity index (χ2n) is 4.11. The van der Waals surface area contributed by atoms with E-state index in [0.29, 0.717) is 21.4 Å². The van der Waals surface area contributed by atoms with Crippen LogP contribution < -0.4 is 5.32 Å². The molecule has 2 aromatic carbocycles. The summed E-state index contributed by atoms with van der Waals surface area (Å²) < 4.78 is 0. The first-order chi connectivity index (χ1) is 8.97. The van der Waals surface area contributed by atoms with Gasteiger partial charge in [0.15, 0.2) is 0 Å². The first-order valence-electron chi connectivity index (χ1n) is 5.53. The fraction of sp³-hybridized carbons (Fsp3) is 0.0714. The Kier molecular flexibility index (Phi) is 3.98. The van der Waals surface area contributed by atoms with Gasteiger partial charge >= 0.3 is 5.97 Å². The third-order valence-electron chi connectivity index (χ3n) is 2.60. The van der Waals surface area contributed by atoms with Gasteiger partial charge in [0.05, 0.1) is 21.3 Å². The highest BCUT2D eigenvalue weighted by Crippen LogP contribution is 2.28. The average molecular weight is 296 g/mol. The van der Waals surface area contributed by atoms with Gasteiger partial charge in [0, 0.05) is 5.69 Å². The minimum Gasteiger partial charge on any atom is -0.478 e. The summed E-state index contributed by atoms with van der Waals surface area (Å²) in [5, 5.41) is 13.1. The van der Waals surface area contributed by atoms with Crippen molar-refractivity contribution in [2.45, 2.75) is 6.92 Å². The first-order valence-corrected chi connectivity index (χ1v) is 6.29. The molecule has 0 saturated carbocycles. The van der Waals surface area contributed by atoms with Gasteiger partial charge < -0.3 is 10.4 Å². The lowest BCUT2D eigenvalue weighted by atomic mass is 10.1. The maximum Gasteiger partial charge on any atom is 0.337 e. The Morgan fingerprint density at radius 2 is 1.84 bits per heavy atom. The van der Waals surface area contributed by atoms with Gasteiger partial charge in [-0.15, -0.1) is 0 Å². The molecule has 0 radical (unpaired) electrons. The molecule has 0 unspecified atom stereocenters. The number of aryl methyl sites for hydroxylation is 1. The normalized spacial score (nSPS) is 10.3. The van der Waals surface area contributed by atoms with Gasteiger partial charge in [0.25, 0.3) is 0 Å². The van der Waals surface area contributed by atoms with Gasteiger partial charge in [0.2, 0.25) is 0 Å². The number of hydrogen-bond donors (Lipinski definition) is 2. The quantitative estimate of drug-likeness (QED) is 0.859. The number of carbonyl (C=O) groups is 1. The van der Waals surface area contributed by atoms with E-state index in [2.05, 4.69) is 5.32 Å². The first kappa shape index (κ1) is 13.7. The van der Waals surface area contributed by atoms with Crippen LogP contribution in [-0.2, 0) is 0 Å². The number of rotatable bonds is 3. The number of carboxylic acids is 1. The summed E-state index contributed by atoms with van der Waals surface area (Å²) in [7, 11) is 0. The molecule has 0 fully saturated rings. The van der Waals surface area contributed by atoms with Gasteiger partial charge in [-0.25, -0.2) is 4.79 Å². The largest absolute Gasteiger partial charge is 0.478 e. The molecule has 2 rings (SSSR count). The third-order valence-corrected chi connectivity index (χ3v) is 3.34. The molecule has 0 aliphatic rings. The Balaban J connectivity index is 2.37. The van der Waals surface area contributed by atoms with Crippen molar-refractivity contribution in [1.29, 1.82) is 0 Å². The number of anilines is 2. The molecule has 2 N–H and O–H groups in total. The lowest BCUT2D eigenvalue weighted by molar-refractivity contribution is 0.0698. The number of carboxylic acid groups (broad SMARTS) is 1. The van der Waals surface area contributed by atoms with Crippen LogP contribution in [0.15, 0.2) is 36.4 Å². The number of benzene rings is 2. The Morgan fingerprint density at radius 1 is 1.11 bits per heavy atom. The van der Waals surface area contributed by atoms with Crippen LogP contribution in [0.5, 0.6) is 0 Å². The fourth-order valence-corrected chi connectivity index (χ4v) is 1.97. The van der Waals surface area contributed by atoms with E-state index >= 15 is 0 Å². The van der Waals surface area contributed by atoms with Crippen molar-refractivity contribution in [2.24, 2.45) is 0 Å². The van der Waals surface area contributed by atoms with Gasteiger partial charge in [-0.05, 0) is 37.3 Å².